The van der Waals surface area contributed by atoms with Crippen LogP contribution in [0.3, 0.4) is 0 Å². The normalized spacial score (nSPS) is 12.0. The molecule has 1 atom stereocenters. The van der Waals surface area contributed by atoms with Gasteiger partial charge in [0.2, 0.25) is 5.82 Å². The third-order valence-electron chi connectivity index (χ3n) is 3.29. The van der Waals surface area contributed by atoms with E-state index >= 15 is 0 Å². The van der Waals surface area contributed by atoms with E-state index in [9.17, 15) is 14.5 Å². The Hall–Kier alpha value is -2.21. The highest BCUT2D eigenvalue weighted by Gasteiger charge is 2.24. The number of nitro groups is 1. The van der Waals surface area contributed by atoms with E-state index in [1.807, 2.05) is 0 Å². The molecule has 110 valence electrons. The van der Waals surface area contributed by atoms with Crippen molar-refractivity contribution in [3.8, 4) is 0 Å². The van der Waals surface area contributed by atoms with Gasteiger partial charge in [0.05, 0.1) is 11.0 Å². The first-order valence-corrected chi connectivity index (χ1v) is 6.57. The van der Waals surface area contributed by atoms with E-state index < -0.39 is 11.0 Å². The smallest absolute Gasteiger partial charge is 0.311 e. The Morgan fingerprint density at radius 3 is 2.62 bits per heavy atom. The van der Waals surface area contributed by atoms with Crippen molar-refractivity contribution in [2.24, 2.45) is 0 Å². The number of aromatic nitrogens is 1. The molecule has 0 saturated carbocycles. The molecular weight excluding hydrogens is 297 g/mol. The summed E-state index contributed by atoms with van der Waals surface area (Å²) in [5.74, 6) is -0.273. The van der Waals surface area contributed by atoms with Gasteiger partial charge in [-0.05, 0) is 19.1 Å². The molecule has 0 radical (unpaired) electrons. The quantitative estimate of drug-likeness (QED) is 0.487. The molecule has 5 nitrogen and oxygen atoms in total. The van der Waals surface area contributed by atoms with Crippen LogP contribution in [0.5, 0.6) is 0 Å². The third kappa shape index (κ3) is 3.11. The Bertz CT molecular complexity index is 681. The lowest BCUT2D eigenvalue weighted by atomic mass is 10.1. The summed E-state index contributed by atoms with van der Waals surface area (Å²) >= 11 is 5.81. The summed E-state index contributed by atoms with van der Waals surface area (Å²) in [6.07, 6.45) is 0. The summed E-state index contributed by atoms with van der Waals surface area (Å²) in [5.41, 5.74) is 0.251. The van der Waals surface area contributed by atoms with Gasteiger partial charge in [-0.2, -0.15) is 0 Å². The van der Waals surface area contributed by atoms with Crippen LogP contribution in [0.15, 0.2) is 36.4 Å². The molecule has 0 aliphatic heterocycles. The van der Waals surface area contributed by atoms with Crippen LogP contribution < -0.4 is 4.90 Å². The number of benzene rings is 1. The van der Waals surface area contributed by atoms with Crippen LogP contribution in [0.1, 0.15) is 18.5 Å². The summed E-state index contributed by atoms with van der Waals surface area (Å²) in [4.78, 5) is 16.1. The number of anilines is 1. The molecule has 2 aromatic rings. The Balaban J connectivity index is 2.44. The SMILES string of the molecule is CC(c1ccccc1F)N(C)c1nc(Cl)ccc1[N+](=O)[O-]. The highest BCUT2D eigenvalue weighted by molar-refractivity contribution is 6.29. The molecule has 0 saturated heterocycles. The fraction of sp³-hybridized carbons (Fsp3) is 0.214. The van der Waals surface area contributed by atoms with Gasteiger partial charge < -0.3 is 4.90 Å². The molecule has 0 aliphatic rings. The minimum Gasteiger partial charge on any atom is -0.347 e. The maximum Gasteiger partial charge on any atom is 0.311 e. The maximum atomic E-state index is 13.8. The van der Waals surface area contributed by atoms with Crippen LogP contribution in [0.2, 0.25) is 5.15 Å². The number of halogens is 2. The first-order chi connectivity index (χ1) is 9.91. The molecule has 21 heavy (non-hydrogen) atoms. The summed E-state index contributed by atoms with van der Waals surface area (Å²) in [7, 11) is 1.61. The fourth-order valence-corrected chi connectivity index (χ4v) is 2.17. The van der Waals surface area contributed by atoms with Crippen molar-refractivity contribution in [3.63, 3.8) is 0 Å². The number of nitrogens with zero attached hydrogens (tertiary/aromatic N) is 3. The first-order valence-electron chi connectivity index (χ1n) is 6.20. The van der Waals surface area contributed by atoms with E-state index in [0.29, 0.717) is 5.56 Å². The van der Waals surface area contributed by atoms with Crippen molar-refractivity contribution >= 4 is 23.1 Å². The summed E-state index contributed by atoms with van der Waals surface area (Å²) < 4.78 is 13.8. The number of hydrogen-bond donors (Lipinski definition) is 0. The van der Waals surface area contributed by atoms with Gasteiger partial charge in [0.1, 0.15) is 11.0 Å². The zero-order chi connectivity index (χ0) is 15.6. The largest absolute Gasteiger partial charge is 0.347 e. The topological polar surface area (TPSA) is 59.3 Å². The van der Waals surface area contributed by atoms with E-state index in [-0.39, 0.29) is 22.5 Å². The molecule has 0 bridgehead atoms. The van der Waals surface area contributed by atoms with Crippen molar-refractivity contribution in [2.45, 2.75) is 13.0 Å². The maximum absolute atomic E-state index is 13.8. The molecule has 1 unspecified atom stereocenters. The van der Waals surface area contributed by atoms with Crippen LogP contribution in [0, 0.1) is 15.9 Å². The molecule has 0 spiro atoms. The van der Waals surface area contributed by atoms with E-state index in [1.165, 1.54) is 23.1 Å². The average Bonchev–Trinajstić information content (AvgIpc) is 2.45. The molecule has 0 amide bonds. The average molecular weight is 310 g/mol. The lowest BCUT2D eigenvalue weighted by Gasteiger charge is -2.26. The molecule has 2 rings (SSSR count). The van der Waals surface area contributed by atoms with Crippen molar-refractivity contribution < 1.29 is 9.31 Å². The second-order valence-corrected chi connectivity index (χ2v) is 4.93. The monoisotopic (exact) mass is 309 g/mol. The zero-order valence-corrected chi connectivity index (χ0v) is 12.2. The molecule has 1 aromatic heterocycles. The second kappa shape index (κ2) is 6.05. The molecular formula is C14H13ClFN3O2. The summed E-state index contributed by atoms with van der Waals surface area (Å²) in [6.45, 7) is 1.74. The minimum absolute atomic E-state index is 0.100. The second-order valence-electron chi connectivity index (χ2n) is 4.54. The Morgan fingerprint density at radius 1 is 1.33 bits per heavy atom. The first kappa shape index (κ1) is 15.2. The molecule has 7 heteroatoms. The molecule has 0 aliphatic carbocycles. The molecule has 0 fully saturated rings. The van der Waals surface area contributed by atoms with Crippen LogP contribution in [0.25, 0.3) is 0 Å². The Morgan fingerprint density at radius 2 is 2.00 bits per heavy atom. The fourth-order valence-electron chi connectivity index (χ4n) is 2.03. The third-order valence-corrected chi connectivity index (χ3v) is 3.50. The number of rotatable bonds is 4. The highest BCUT2D eigenvalue weighted by Crippen LogP contribution is 2.32. The van der Waals surface area contributed by atoms with Crippen LogP contribution in [-0.4, -0.2) is 17.0 Å². The van der Waals surface area contributed by atoms with Crippen LogP contribution in [0.4, 0.5) is 15.9 Å². The minimum atomic E-state index is -0.538. The summed E-state index contributed by atoms with van der Waals surface area (Å²) in [5, 5.41) is 11.2. The zero-order valence-electron chi connectivity index (χ0n) is 11.5. The van der Waals surface area contributed by atoms with Gasteiger partial charge in [-0.15, -0.1) is 0 Å². The predicted molar refractivity (Wildman–Crippen MR) is 79.1 cm³/mol. The Labute approximate surface area is 126 Å². The lowest BCUT2D eigenvalue weighted by Crippen LogP contribution is -2.24. The van der Waals surface area contributed by atoms with Crippen molar-refractivity contribution in [1.29, 1.82) is 0 Å². The van der Waals surface area contributed by atoms with Gasteiger partial charge in [0.15, 0.2) is 0 Å². The van der Waals surface area contributed by atoms with E-state index in [2.05, 4.69) is 4.98 Å². The molecule has 1 aromatic carbocycles. The van der Waals surface area contributed by atoms with Gasteiger partial charge in [0, 0.05) is 18.7 Å². The van der Waals surface area contributed by atoms with E-state index in [0.717, 1.165) is 0 Å². The number of pyridine rings is 1. The van der Waals surface area contributed by atoms with E-state index in [4.69, 9.17) is 11.6 Å². The van der Waals surface area contributed by atoms with Crippen LogP contribution in [-0.2, 0) is 0 Å². The van der Waals surface area contributed by atoms with Gasteiger partial charge in [0.25, 0.3) is 0 Å². The van der Waals surface area contributed by atoms with Gasteiger partial charge in [-0.25, -0.2) is 9.37 Å². The Kier molecular flexibility index (Phi) is 4.37. The van der Waals surface area contributed by atoms with E-state index in [1.54, 1.807) is 32.2 Å². The predicted octanol–water partition coefficient (Wildman–Crippen LogP) is 3.98. The summed E-state index contributed by atoms with van der Waals surface area (Å²) in [6, 6.07) is 8.48. The van der Waals surface area contributed by atoms with Gasteiger partial charge in [-0.1, -0.05) is 29.8 Å². The van der Waals surface area contributed by atoms with Crippen molar-refractivity contribution in [1.82, 2.24) is 4.98 Å². The van der Waals surface area contributed by atoms with Gasteiger partial charge >= 0.3 is 5.69 Å². The van der Waals surface area contributed by atoms with Gasteiger partial charge in [-0.3, -0.25) is 10.1 Å². The number of hydrogen-bond acceptors (Lipinski definition) is 4. The van der Waals surface area contributed by atoms with Crippen LogP contribution >= 0.6 is 11.6 Å². The highest BCUT2D eigenvalue weighted by atomic mass is 35.5. The standard InChI is InChI=1S/C14H13ClFN3O2/c1-9(10-5-3-4-6-11(10)16)18(2)14-12(19(20)21)7-8-13(15)17-14/h3-9H,1-2H3. The molecule has 1 heterocycles. The molecule has 0 N–H and O–H groups in total. The van der Waals surface area contributed by atoms with Crippen molar-refractivity contribution in [2.75, 3.05) is 11.9 Å². The lowest BCUT2D eigenvalue weighted by molar-refractivity contribution is -0.384. The van der Waals surface area contributed by atoms with Crippen molar-refractivity contribution in [3.05, 3.63) is 63.0 Å².